The average Bonchev–Trinajstić information content (AvgIpc) is 3.40. The third-order valence-electron chi connectivity index (χ3n) is 6.42. The van der Waals surface area contributed by atoms with Crippen LogP contribution in [0.15, 0.2) is 29.2 Å². The van der Waals surface area contributed by atoms with Crippen molar-refractivity contribution in [3.05, 3.63) is 30.1 Å². The molecule has 4 rings (SSSR count). The first-order chi connectivity index (χ1) is 13.4. The van der Waals surface area contributed by atoms with E-state index in [0.29, 0.717) is 19.0 Å². The molecule has 2 saturated heterocycles. The number of carbonyl (C=O) groups is 1. The SMILES string of the molecule is O=C(C1CCN(S(=O)(=O)c2ccc(F)cc2)C1)N1CCN(C2CCCC2)CC1. The topological polar surface area (TPSA) is 60.9 Å². The lowest BCUT2D eigenvalue weighted by Crippen LogP contribution is -2.52. The number of hydrogen-bond acceptors (Lipinski definition) is 4. The van der Waals surface area contributed by atoms with E-state index in [4.69, 9.17) is 0 Å². The summed E-state index contributed by atoms with van der Waals surface area (Å²) < 4.78 is 40.0. The number of nitrogens with zero attached hydrogens (tertiary/aromatic N) is 3. The number of rotatable bonds is 4. The summed E-state index contributed by atoms with van der Waals surface area (Å²) in [6, 6.07) is 5.54. The van der Waals surface area contributed by atoms with Gasteiger partial charge in [0.25, 0.3) is 0 Å². The van der Waals surface area contributed by atoms with Crippen LogP contribution in [-0.2, 0) is 14.8 Å². The molecule has 1 saturated carbocycles. The van der Waals surface area contributed by atoms with Crippen molar-refractivity contribution in [1.29, 1.82) is 0 Å². The number of amides is 1. The molecule has 1 aromatic carbocycles. The number of halogens is 1. The highest BCUT2D eigenvalue weighted by atomic mass is 32.2. The Balaban J connectivity index is 1.34. The van der Waals surface area contributed by atoms with Gasteiger partial charge in [0, 0.05) is 45.3 Å². The molecule has 3 aliphatic rings. The van der Waals surface area contributed by atoms with Crippen molar-refractivity contribution in [3.8, 4) is 0 Å². The van der Waals surface area contributed by atoms with Gasteiger partial charge in [-0.05, 0) is 43.5 Å². The Bertz CT molecular complexity index is 800. The Morgan fingerprint density at radius 2 is 1.57 bits per heavy atom. The Morgan fingerprint density at radius 1 is 0.929 bits per heavy atom. The van der Waals surface area contributed by atoms with Crippen molar-refractivity contribution in [2.24, 2.45) is 5.92 Å². The minimum atomic E-state index is -3.68. The monoisotopic (exact) mass is 409 g/mol. The summed E-state index contributed by atoms with van der Waals surface area (Å²) in [4.78, 5) is 17.4. The molecular formula is C20H28FN3O3S. The second-order valence-corrected chi connectivity index (χ2v) is 10.0. The van der Waals surface area contributed by atoms with E-state index < -0.39 is 15.8 Å². The summed E-state index contributed by atoms with van der Waals surface area (Å²) in [6.45, 7) is 3.84. The minimum absolute atomic E-state index is 0.0721. The van der Waals surface area contributed by atoms with E-state index >= 15 is 0 Å². The van der Waals surface area contributed by atoms with E-state index in [-0.39, 0.29) is 23.3 Å². The quantitative estimate of drug-likeness (QED) is 0.762. The molecule has 1 aliphatic carbocycles. The van der Waals surface area contributed by atoms with Crippen molar-refractivity contribution in [1.82, 2.24) is 14.1 Å². The van der Waals surface area contributed by atoms with Gasteiger partial charge in [-0.2, -0.15) is 4.31 Å². The largest absolute Gasteiger partial charge is 0.340 e. The molecule has 1 amide bonds. The van der Waals surface area contributed by atoms with Crippen LogP contribution >= 0.6 is 0 Å². The van der Waals surface area contributed by atoms with Gasteiger partial charge in [0.1, 0.15) is 5.82 Å². The zero-order valence-corrected chi connectivity index (χ0v) is 16.9. The molecular weight excluding hydrogens is 381 g/mol. The second-order valence-electron chi connectivity index (χ2n) is 8.10. The van der Waals surface area contributed by atoms with Gasteiger partial charge in [0.05, 0.1) is 10.8 Å². The van der Waals surface area contributed by atoms with Crippen molar-refractivity contribution in [3.63, 3.8) is 0 Å². The zero-order valence-electron chi connectivity index (χ0n) is 16.1. The maximum Gasteiger partial charge on any atom is 0.243 e. The van der Waals surface area contributed by atoms with Crippen LogP contribution in [0.4, 0.5) is 4.39 Å². The standard InChI is InChI=1S/C20H28FN3O3S/c21-17-5-7-19(8-6-17)28(26,27)24-10-9-16(15-24)20(25)23-13-11-22(12-14-23)18-3-1-2-4-18/h5-8,16,18H,1-4,9-15H2. The van der Waals surface area contributed by atoms with Crippen LogP contribution in [0.2, 0.25) is 0 Å². The molecule has 1 aromatic rings. The first-order valence-electron chi connectivity index (χ1n) is 10.2. The van der Waals surface area contributed by atoms with E-state index in [2.05, 4.69) is 4.90 Å². The van der Waals surface area contributed by atoms with Gasteiger partial charge >= 0.3 is 0 Å². The van der Waals surface area contributed by atoms with Gasteiger partial charge in [-0.3, -0.25) is 9.69 Å². The van der Waals surface area contributed by atoms with Gasteiger partial charge < -0.3 is 4.90 Å². The smallest absolute Gasteiger partial charge is 0.243 e. The molecule has 0 spiro atoms. The number of sulfonamides is 1. The molecule has 0 aromatic heterocycles. The van der Waals surface area contributed by atoms with Gasteiger partial charge in [0.2, 0.25) is 15.9 Å². The van der Waals surface area contributed by atoms with Crippen LogP contribution < -0.4 is 0 Å². The van der Waals surface area contributed by atoms with Crippen LogP contribution in [0.1, 0.15) is 32.1 Å². The predicted octanol–water partition coefficient (Wildman–Crippen LogP) is 1.92. The van der Waals surface area contributed by atoms with Gasteiger partial charge in [-0.25, -0.2) is 12.8 Å². The molecule has 6 nitrogen and oxygen atoms in total. The molecule has 0 bridgehead atoms. The third kappa shape index (κ3) is 3.95. The number of piperazine rings is 1. The van der Waals surface area contributed by atoms with Gasteiger partial charge in [-0.1, -0.05) is 12.8 Å². The van der Waals surface area contributed by atoms with Gasteiger partial charge in [0.15, 0.2) is 0 Å². The summed E-state index contributed by atoms with van der Waals surface area (Å²) in [5, 5.41) is 0. The zero-order chi connectivity index (χ0) is 19.7. The van der Waals surface area contributed by atoms with Crippen molar-refractivity contribution in [2.75, 3.05) is 39.3 Å². The van der Waals surface area contributed by atoms with E-state index in [1.165, 1.54) is 42.1 Å². The number of carbonyl (C=O) groups excluding carboxylic acids is 1. The molecule has 1 atom stereocenters. The van der Waals surface area contributed by atoms with Crippen molar-refractivity contribution >= 4 is 15.9 Å². The molecule has 2 aliphatic heterocycles. The Labute approximate surface area is 166 Å². The molecule has 2 heterocycles. The average molecular weight is 410 g/mol. The summed E-state index contributed by atoms with van der Waals surface area (Å²) in [5.74, 6) is -0.679. The number of hydrogen-bond donors (Lipinski definition) is 0. The number of benzene rings is 1. The Morgan fingerprint density at radius 3 is 2.21 bits per heavy atom. The maximum atomic E-state index is 13.1. The summed E-state index contributed by atoms with van der Waals surface area (Å²) in [6.07, 6.45) is 5.70. The summed E-state index contributed by atoms with van der Waals surface area (Å²) in [5.41, 5.74) is 0. The fourth-order valence-electron chi connectivity index (χ4n) is 4.74. The van der Waals surface area contributed by atoms with E-state index in [9.17, 15) is 17.6 Å². The third-order valence-corrected chi connectivity index (χ3v) is 8.30. The lowest BCUT2D eigenvalue weighted by molar-refractivity contribution is -0.137. The van der Waals surface area contributed by atoms with Crippen molar-refractivity contribution in [2.45, 2.75) is 43.0 Å². The highest BCUT2D eigenvalue weighted by molar-refractivity contribution is 7.89. The summed E-state index contributed by atoms with van der Waals surface area (Å²) in [7, 11) is -3.68. The van der Waals surface area contributed by atoms with Crippen LogP contribution in [0.5, 0.6) is 0 Å². The van der Waals surface area contributed by atoms with E-state index in [0.717, 1.165) is 38.3 Å². The first-order valence-corrected chi connectivity index (χ1v) is 11.7. The van der Waals surface area contributed by atoms with Crippen LogP contribution in [0.25, 0.3) is 0 Å². The molecule has 1 unspecified atom stereocenters. The fourth-order valence-corrected chi connectivity index (χ4v) is 6.24. The highest BCUT2D eigenvalue weighted by Crippen LogP contribution is 2.28. The maximum absolute atomic E-state index is 13.1. The van der Waals surface area contributed by atoms with Crippen molar-refractivity contribution < 1.29 is 17.6 Å². The van der Waals surface area contributed by atoms with E-state index in [1.807, 2.05) is 4.90 Å². The lowest BCUT2D eigenvalue weighted by Gasteiger charge is -2.38. The molecule has 3 fully saturated rings. The van der Waals surface area contributed by atoms with Crippen LogP contribution in [0, 0.1) is 11.7 Å². The second kappa shape index (κ2) is 8.08. The highest BCUT2D eigenvalue weighted by Gasteiger charge is 2.38. The Hall–Kier alpha value is -1.51. The molecule has 8 heteroatoms. The minimum Gasteiger partial charge on any atom is -0.340 e. The van der Waals surface area contributed by atoms with Crippen LogP contribution in [-0.4, -0.2) is 73.7 Å². The first kappa shape index (κ1) is 19.8. The molecule has 0 radical (unpaired) electrons. The fraction of sp³-hybridized carbons (Fsp3) is 0.650. The molecule has 154 valence electrons. The lowest BCUT2D eigenvalue weighted by atomic mass is 10.1. The summed E-state index contributed by atoms with van der Waals surface area (Å²) >= 11 is 0. The van der Waals surface area contributed by atoms with E-state index in [1.54, 1.807) is 0 Å². The van der Waals surface area contributed by atoms with Crippen LogP contribution in [0.3, 0.4) is 0 Å². The van der Waals surface area contributed by atoms with Gasteiger partial charge in [-0.15, -0.1) is 0 Å². The molecule has 0 N–H and O–H groups in total. The molecule has 28 heavy (non-hydrogen) atoms. The normalized spacial score (nSPS) is 25.5. The predicted molar refractivity (Wildman–Crippen MR) is 104 cm³/mol. The Kier molecular flexibility index (Phi) is 5.71.